The molecule has 0 atom stereocenters. The first-order valence-corrected chi connectivity index (χ1v) is 10.5. The SMILES string of the molecule is O=c1[nH]c(C2=NCCCC2)nc2c1CN(Cc1csc3ccccc13)CC2. The minimum Gasteiger partial charge on any atom is -0.305 e. The van der Waals surface area contributed by atoms with Crippen LogP contribution in [0.1, 0.15) is 41.9 Å². The summed E-state index contributed by atoms with van der Waals surface area (Å²) in [4.78, 5) is 27.4. The number of aromatic nitrogens is 2. The van der Waals surface area contributed by atoms with Gasteiger partial charge in [0, 0.05) is 37.3 Å². The standard InChI is InChI=1S/C21H22N4OS/c26-21-16-12-25(11-14-13-27-19-7-2-1-5-15(14)19)10-8-17(16)23-20(24-21)18-6-3-4-9-22-18/h1-2,5,7,13H,3-4,6,8-12H2,(H,23,24,26). The molecule has 1 N–H and O–H groups in total. The van der Waals surface area contributed by atoms with Gasteiger partial charge < -0.3 is 4.98 Å². The zero-order valence-electron chi connectivity index (χ0n) is 15.2. The van der Waals surface area contributed by atoms with Crippen LogP contribution in [0.5, 0.6) is 0 Å². The van der Waals surface area contributed by atoms with Gasteiger partial charge in [0.05, 0.1) is 17.0 Å². The van der Waals surface area contributed by atoms with Crippen LogP contribution in [-0.4, -0.2) is 33.7 Å². The molecule has 0 aliphatic carbocycles. The average Bonchev–Trinajstić information content (AvgIpc) is 3.12. The highest BCUT2D eigenvalue weighted by Gasteiger charge is 2.23. The number of hydrogen-bond acceptors (Lipinski definition) is 5. The zero-order valence-corrected chi connectivity index (χ0v) is 16.0. The van der Waals surface area contributed by atoms with E-state index in [0.29, 0.717) is 12.4 Å². The molecular formula is C21H22N4OS. The molecule has 1 aromatic carbocycles. The predicted molar refractivity (Wildman–Crippen MR) is 110 cm³/mol. The number of rotatable bonds is 3. The van der Waals surface area contributed by atoms with Crippen LogP contribution in [0.15, 0.2) is 39.4 Å². The number of nitrogens with one attached hydrogen (secondary N) is 1. The van der Waals surface area contributed by atoms with Crippen molar-refractivity contribution in [2.45, 2.75) is 38.8 Å². The van der Waals surface area contributed by atoms with Crippen molar-refractivity contribution in [2.24, 2.45) is 4.99 Å². The lowest BCUT2D eigenvalue weighted by atomic mass is 10.0. The largest absolute Gasteiger partial charge is 0.305 e. The summed E-state index contributed by atoms with van der Waals surface area (Å²) in [6, 6.07) is 8.52. The maximum atomic E-state index is 12.7. The van der Waals surface area contributed by atoms with Crippen molar-refractivity contribution in [2.75, 3.05) is 13.1 Å². The Labute approximate surface area is 161 Å². The van der Waals surface area contributed by atoms with Gasteiger partial charge in [0.1, 0.15) is 0 Å². The number of hydrogen-bond donors (Lipinski definition) is 1. The van der Waals surface area contributed by atoms with Crippen LogP contribution in [0.3, 0.4) is 0 Å². The Morgan fingerprint density at radius 2 is 2.11 bits per heavy atom. The van der Waals surface area contributed by atoms with Crippen LogP contribution in [0.25, 0.3) is 10.1 Å². The predicted octanol–water partition coefficient (Wildman–Crippen LogP) is 3.52. The van der Waals surface area contributed by atoms with Gasteiger partial charge in [-0.25, -0.2) is 4.98 Å². The fourth-order valence-corrected chi connectivity index (χ4v) is 4.99. The molecule has 0 saturated heterocycles. The molecule has 3 aromatic rings. The molecule has 0 bridgehead atoms. The van der Waals surface area contributed by atoms with E-state index >= 15 is 0 Å². The number of aromatic amines is 1. The fraction of sp³-hybridized carbons (Fsp3) is 0.381. The van der Waals surface area contributed by atoms with Crippen molar-refractivity contribution in [3.05, 3.63) is 62.6 Å². The Balaban J connectivity index is 1.39. The lowest BCUT2D eigenvalue weighted by Crippen LogP contribution is -2.36. The minimum atomic E-state index is 0.00292. The molecule has 0 fully saturated rings. The third-order valence-electron chi connectivity index (χ3n) is 5.50. The van der Waals surface area contributed by atoms with Crippen LogP contribution in [-0.2, 0) is 19.5 Å². The highest BCUT2D eigenvalue weighted by molar-refractivity contribution is 7.17. The summed E-state index contributed by atoms with van der Waals surface area (Å²) in [5, 5.41) is 3.57. The molecule has 5 rings (SSSR count). The molecule has 0 saturated carbocycles. The van der Waals surface area contributed by atoms with E-state index in [4.69, 9.17) is 4.98 Å². The highest BCUT2D eigenvalue weighted by atomic mass is 32.1. The van der Waals surface area contributed by atoms with Gasteiger partial charge in [0.25, 0.3) is 5.56 Å². The molecule has 6 heteroatoms. The molecule has 2 aliphatic heterocycles. The number of H-pyrrole nitrogens is 1. The third-order valence-corrected chi connectivity index (χ3v) is 6.51. The van der Waals surface area contributed by atoms with Crippen molar-refractivity contribution < 1.29 is 0 Å². The number of nitrogens with zero attached hydrogens (tertiary/aromatic N) is 3. The van der Waals surface area contributed by atoms with Crippen LogP contribution in [0.4, 0.5) is 0 Å². The highest BCUT2D eigenvalue weighted by Crippen LogP contribution is 2.28. The summed E-state index contributed by atoms with van der Waals surface area (Å²) >= 11 is 1.79. The van der Waals surface area contributed by atoms with E-state index in [1.165, 1.54) is 15.6 Å². The molecule has 0 radical (unpaired) electrons. The van der Waals surface area contributed by atoms with Gasteiger partial charge in [0.2, 0.25) is 0 Å². The molecule has 138 valence electrons. The van der Waals surface area contributed by atoms with E-state index in [1.807, 2.05) is 0 Å². The number of aliphatic imine (C=N–C) groups is 1. The Hall–Kier alpha value is -2.31. The summed E-state index contributed by atoms with van der Waals surface area (Å²) in [5.41, 5.74) is 4.09. The second kappa shape index (κ2) is 7.02. The molecule has 0 spiro atoms. The van der Waals surface area contributed by atoms with Crippen LogP contribution in [0.2, 0.25) is 0 Å². The number of thiophene rings is 1. The quantitative estimate of drug-likeness (QED) is 0.759. The zero-order chi connectivity index (χ0) is 18.2. The van der Waals surface area contributed by atoms with Gasteiger partial charge >= 0.3 is 0 Å². The van der Waals surface area contributed by atoms with Gasteiger partial charge in [0.15, 0.2) is 5.82 Å². The van der Waals surface area contributed by atoms with Gasteiger partial charge in [-0.05, 0) is 41.7 Å². The molecule has 5 nitrogen and oxygen atoms in total. The fourth-order valence-electron chi connectivity index (χ4n) is 4.04. The van der Waals surface area contributed by atoms with Crippen LogP contribution >= 0.6 is 11.3 Å². The maximum absolute atomic E-state index is 12.7. The smallest absolute Gasteiger partial charge is 0.255 e. The van der Waals surface area contributed by atoms with E-state index in [-0.39, 0.29) is 5.56 Å². The first kappa shape index (κ1) is 16.8. The normalized spacial score (nSPS) is 17.7. The molecular weight excluding hydrogens is 356 g/mol. The van der Waals surface area contributed by atoms with Crippen LogP contribution < -0.4 is 5.56 Å². The van der Waals surface area contributed by atoms with Crippen molar-refractivity contribution >= 4 is 27.1 Å². The minimum absolute atomic E-state index is 0.00292. The molecule has 27 heavy (non-hydrogen) atoms. The van der Waals surface area contributed by atoms with Crippen molar-refractivity contribution in [3.63, 3.8) is 0 Å². The molecule has 4 heterocycles. The van der Waals surface area contributed by atoms with Crippen molar-refractivity contribution in [1.82, 2.24) is 14.9 Å². The summed E-state index contributed by atoms with van der Waals surface area (Å²) in [5.74, 6) is 0.690. The van der Waals surface area contributed by atoms with E-state index in [2.05, 4.69) is 44.5 Å². The van der Waals surface area contributed by atoms with E-state index in [0.717, 1.165) is 62.3 Å². The van der Waals surface area contributed by atoms with Gasteiger partial charge in [-0.15, -0.1) is 11.3 Å². The first-order valence-electron chi connectivity index (χ1n) is 9.61. The second-order valence-corrected chi connectivity index (χ2v) is 8.25. The van der Waals surface area contributed by atoms with Gasteiger partial charge in [-0.3, -0.25) is 14.7 Å². The molecule has 2 aliphatic rings. The van der Waals surface area contributed by atoms with E-state index in [1.54, 1.807) is 11.3 Å². The topological polar surface area (TPSA) is 61.4 Å². The number of benzene rings is 1. The Bertz CT molecular complexity index is 1080. The Morgan fingerprint density at radius 3 is 3.00 bits per heavy atom. The molecule has 0 amide bonds. The lowest BCUT2D eigenvalue weighted by Gasteiger charge is -2.27. The van der Waals surface area contributed by atoms with Gasteiger partial charge in [-0.2, -0.15) is 0 Å². The third kappa shape index (κ3) is 3.24. The van der Waals surface area contributed by atoms with Gasteiger partial charge in [-0.1, -0.05) is 18.2 Å². The molecule has 2 aromatic heterocycles. The molecule has 0 unspecified atom stereocenters. The van der Waals surface area contributed by atoms with E-state index in [9.17, 15) is 4.79 Å². The summed E-state index contributed by atoms with van der Waals surface area (Å²) in [6.07, 6.45) is 3.99. The summed E-state index contributed by atoms with van der Waals surface area (Å²) in [7, 11) is 0. The average molecular weight is 379 g/mol. The monoisotopic (exact) mass is 378 g/mol. The van der Waals surface area contributed by atoms with Crippen LogP contribution in [0, 0.1) is 0 Å². The van der Waals surface area contributed by atoms with E-state index < -0.39 is 0 Å². The van der Waals surface area contributed by atoms with Crippen molar-refractivity contribution in [1.29, 1.82) is 0 Å². The summed E-state index contributed by atoms with van der Waals surface area (Å²) < 4.78 is 1.32. The second-order valence-electron chi connectivity index (χ2n) is 7.34. The maximum Gasteiger partial charge on any atom is 0.255 e. The lowest BCUT2D eigenvalue weighted by molar-refractivity contribution is 0.242. The summed E-state index contributed by atoms with van der Waals surface area (Å²) in [6.45, 7) is 3.31. The Morgan fingerprint density at radius 1 is 1.19 bits per heavy atom. The Kier molecular flexibility index (Phi) is 4.38. The first-order chi connectivity index (χ1) is 13.3. The number of fused-ring (bicyclic) bond motifs is 2. The van der Waals surface area contributed by atoms with Crippen molar-refractivity contribution in [3.8, 4) is 0 Å².